The molecular formula is C12H15N3O2S. The molecule has 0 bridgehead atoms. The van der Waals surface area contributed by atoms with Crippen LogP contribution in [0.15, 0.2) is 4.79 Å². The quantitative estimate of drug-likeness (QED) is 0.892. The fraction of sp³-hybridized carbons (Fsp3) is 0.417. The van der Waals surface area contributed by atoms with Crippen LogP contribution in [-0.4, -0.2) is 15.5 Å². The highest BCUT2D eigenvalue weighted by Crippen LogP contribution is 2.26. The summed E-state index contributed by atoms with van der Waals surface area (Å²) in [7, 11) is 0. The lowest BCUT2D eigenvalue weighted by Crippen LogP contribution is -2.34. The van der Waals surface area contributed by atoms with Gasteiger partial charge in [-0.3, -0.25) is 14.2 Å². The zero-order valence-electron chi connectivity index (χ0n) is 10.8. The molecule has 2 aromatic heterocycles. The summed E-state index contributed by atoms with van der Waals surface area (Å²) in [6.45, 7) is 7.17. The first kappa shape index (κ1) is 12.8. The van der Waals surface area contributed by atoms with Crippen LogP contribution in [0.3, 0.4) is 0 Å². The zero-order chi connectivity index (χ0) is 13.6. The van der Waals surface area contributed by atoms with Crippen molar-refractivity contribution in [3.05, 3.63) is 26.6 Å². The number of rotatable bonds is 2. The molecule has 0 saturated heterocycles. The van der Waals surface area contributed by atoms with Crippen LogP contribution in [0.5, 0.6) is 0 Å². The van der Waals surface area contributed by atoms with Crippen LogP contribution in [0.1, 0.15) is 29.2 Å². The van der Waals surface area contributed by atoms with Crippen molar-refractivity contribution < 1.29 is 4.79 Å². The van der Waals surface area contributed by atoms with Gasteiger partial charge >= 0.3 is 0 Å². The van der Waals surface area contributed by atoms with E-state index in [1.165, 1.54) is 15.9 Å². The standard InChI is InChI=1S/C12H15N3O2S/c1-5-7(3)18-11-9(5)12(17)15(8(4)14-11)6(2)10(13)16/h6H,1-4H3,(H2,13,16). The number of fused-ring (bicyclic) bond motifs is 1. The van der Waals surface area contributed by atoms with Gasteiger partial charge in [0.2, 0.25) is 5.91 Å². The lowest BCUT2D eigenvalue weighted by Gasteiger charge is -2.14. The van der Waals surface area contributed by atoms with Crippen LogP contribution in [0.25, 0.3) is 10.2 Å². The molecule has 96 valence electrons. The average Bonchev–Trinajstić information content (AvgIpc) is 2.54. The largest absolute Gasteiger partial charge is 0.368 e. The normalized spacial score (nSPS) is 12.9. The molecule has 2 aromatic rings. The predicted molar refractivity (Wildman–Crippen MR) is 72.0 cm³/mol. The summed E-state index contributed by atoms with van der Waals surface area (Å²) in [6, 6.07) is -0.686. The van der Waals surface area contributed by atoms with Crippen LogP contribution in [0.2, 0.25) is 0 Å². The SMILES string of the molecule is Cc1sc2nc(C)n(C(C)C(N)=O)c(=O)c2c1C. The van der Waals surface area contributed by atoms with Gasteiger partial charge in [0.1, 0.15) is 16.7 Å². The zero-order valence-corrected chi connectivity index (χ0v) is 11.6. The van der Waals surface area contributed by atoms with Crippen molar-refractivity contribution in [1.82, 2.24) is 9.55 Å². The Labute approximate surface area is 108 Å². The molecule has 0 aliphatic carbocycles. The first-order chi connectivity index (χ1) is 8.34. The minimum Gasteiger partial charge on any atom is -0.368 e. The molecule has 0 aliphatic heterocycles. The molecular weight excluding hydrogens is 250 g/mol. The molecule has 0 radical (unpaired) electrons. The lowest BCUT2D eigenvalue weighted by molar-refractivity contribution is -0.120. The topological polar surface area (TPSA) is 78.0 Å². The smallest absolute Gasteiger partial charge is 0.263 e. The summed E-state index contributed by atoms with van der Waals surface area (Å²) >= 11 is 1.50. The summed E-state index contributed by atoms with van der Waals surface area (Å²) < 4.78 is 1.36. The number of hydrogen-bond acceptors (Lipinski definition) is 4. The van der Waals surface area contributed by atoms with E-state index in [1.807, 2.05) is 13.8 Å². The molecule has 0 aromatic carbocycles. The summed E-state index contributed by atoms with van der Waals surface area (Å²) in [5.41, 5.74) is 6.01. The Morgan fingerprint density at radius 1 is 1.39 bits per heavy atom. The number of amides is 1. The van der Waals surface area contributed by atoms with E-state index in [9.17, 15) is 9.59 Å². The van der Waals surface area contributed by atoms with Crippen molar-refractivity contribution in [2.24, 2.45) is 5.73 Å². The third-order valence-corrected chi connectivity index (χ3v) is 4.31. The Balaban J connectivity index is 2.88. The van der Waals surface area contributed by atoms with Gasteiger partial charge in [-0.2, -0.15) is 0 Å². The van der Waals surface area contributed by atoms with Crippen molar-refractivity contribution in [3.63, 3.8) is 0 Å². The highest BCUT2D eigenvalue weighted by Gasteiger charge is 2.20. The Bertz CT molecular complexity index is 699. The fourth-order valence-electron chi connectivity index (χ4n) is 1.99. The Hall–Kier alpha value is -1.69. The van der Waals surface area contributed by atoms with E-state index < -0.39 is 11.9 Å². The van der Waals surface area contributed by atoms with Crippen molar-refractivity contribution in [2.75, 3.05) is 0 Å². The van der Waals surface area contributed by atoms with E-state index in [4.69, 9.17) is 5.73 Å². The number of nitrogens with two attached hydrogens (primary N) is 1. The van der Waals surface area contributed by atoms with Crippen LogP contribution in [0, 0.1) is 20.8 Å². The molecule has 5 nitrogen and oxygen atoms in total. The summed E-state index contributed by atoms with van der Waals surface area (Å²) in [4.78, 5) is 29.9. The van der Waals surface area contributed by atoms with Crippen molar-refractivity contribution >= 4 is 27.5 Å². The van der Waals surface area contributed by atoms with E-state index in [1.54, 1.807) is 13.8 Å². The third-order valence-electron chi connectivity index (χ3n) is 3.21. The van der Waals surface area contributed by atoms with Gasteiger partial charge in [0, 0.05) is 4.88 Å². The Morgan fingerprint density at radius 3 is 2.56 bits per heavy atom. The van der Waals surface area contributed by atoms with E-state index in [-0.39, 0.29) is 5.56 Å². The number of aryl methyl sites for hydroxylation is 3. The second-order valence-electron chi connectivity index (χ2n) is 4.38. The number of aromatic nitrogens is 2. The van der Waals surface area contributed by atoms with Crippen LogP contribution >= 0.6 is 11.3 Å². The molecule has 0 fully saturated rings. The second kappa shape index (κ2) is 4.20. The molecule has 2 rings (SSSR count). The minimum atomic E-state index is -0.686. The fourth-order valence-corrected chi connectivity index (χ4v) is 3.06. The molecule has 6 heteroatoms. The third kappa shape index (κ3) is 1.73. The van der Waals surface area contributed by atoms with Crippen molar-refractivity contribution in [3.8, 4) is 0 Å². The van der Waals surface area contributed by atoms with Crippen LogP contribution in [-0.2, 0) is 4.79 Å². The highest BCUT2D eigenvalue weighted by molar-refractivity contribution is 7.18. The molecule has 1 unspecified atom stereocenters. The number of carbonyl (C=O) groups excluding carboxylic acids is 1. The first-order valence-electron chi connectivity index (χ1n) is 5.62. The average molecular weight is 265 g/mol. The maximum atomic E-state index is 12.5. The number of carbonyl (C=O) groups is 1. The van der Waals surface area contributed by atoms with Gasteiger partial charge in [0.15, 0.2) is 0 Å². The van der Waals surface area contributed by atoms with Gasteiger partial charge < -0.3 is 5.73 Å². The van der Waals surface area contributed by atoms with E-state index in [2.05, 4.69) is 4.98 Å². The monoisotopic (exact) mass is 265 g/mol. The minimum absolute atomic E-state index is 0.189. The molecule has 18 heavy (non-hydrogen) atoms. The van der Waals surface area contributed by atoms with Gasteiger partial charge in [-0.25, -0.2) is 4.98 Å². The van der Waals surface area contributed by atoms with Gasteiger partial charge in [-0.05, 0) is 33.3 Å². The second-order valence-corrected chi connectivity index (χ2v) is 5.58. The number of nitrogens with zero attached hydrogens (tertiary/aromatic N) is 2. The van der Waals surface area contributed by atoms with E-state index >= 15 is 0 Å². The van der Waals surface area contributed by atoms with Gasteiger partial charge in [-0.15, -0.1) is 11.3 Å². The molecule has 2 heterocycles. The maximum Gasteiger partial charge on any atom is 0.263 e. The lowest BCUT2D eigenvalue weighted by atomic mass is 10.2. The van der Waals surface area contributed by atoms with E-state index in [0.29, 0.717) is 11.2 Å². The summed E-state index contributed by atoms with van der Waals surface area (Å²) in [5.74, 6) is -0.0222. The highest BCUT2D eigenvalue weighted by atomic mass is 32.1. The predicted octanol–water partition coefficient (Wildman–Crippen LogP) is 1.43. The Kier molecular flexibility index (Phi) is 2.98. The molecule has 0 saturated carbocycles. The van der Waals surface area contributed by atoms with Gasteiger partial charge in [-0.1, -0.05) is 0 Å². The number of hydrogen-bond donors (Lipinski definition) is 1. The summed E-state index contributed by atoms with van der Waals surface area (Å²) in [6.07, 6.45) is 0. The molecule has 0 aliphatic rings. The molecule has 0 spiro atoms. The van der Waals surface area contributed by atoms with Crippen molar-refractivity contribution in [1.29, 1.82) is 0 Å². The van der Waals surface area contributed by atoms with Gasteiger partial charge in [0.05, 0.1) is 5.39 Å². The molecule has 1 amide bonds. The van der Waals surface area contributed by atoms with Crippen molar-refractivity contribution in [2.45, 2.75) is 33.7 Å². The molecule has 1 atom stereocenters. The molecule has 2 N–H and O–H groups in total. The van der Waals surface area contributed by atoms with Crippen LogP contribution in [0.4, 0.5) is 0 Å². The number of primary amides is 1. The summed E-state index contributed by atoms with van der Waals surface area (Å²) in [5, 5.41) is 0.594. The first-order valence-corrected chi connectivity index (χ1v) is 6.44. The van der Waals surface area contributed by atoms with Crippen LogP contribution < -0.4 is 11.3 Å². The Morgan fingerprint density at radius 2 is 2.00 bits per heavy atom. The van der Waals surface area contributed by atoms with Gasteiger partial charge in [0.25, 0.3) is 5.56 Å². The maximum absolute atomic E-state index is 12.5. The van der Waals surface area contributed by atoms with E-state index in [0.717, 1.165) is 15.3 Å². The number of thiophene rings is 1.